The fraction of sp³-hybridized carbons (Fsp3) is 0.647. The number of anilines is 1. The Balaban J connectivity index is 1.67. The Morgan fingerprint density at radius 3 is 3.14 bits per heavy atom. The highest BCUT2D eigenvalue weighted by Gasteiger charge is 2.42. The zero-order chi connectivity index (χ0) is 15.5. The third-order valence-electron chi connectivity index (χ3n) is 4.51. The lowest BCUT2D eigenvalue weighted by Crippen LogP contribution is -2.52. The van der Waals surface area contributed by atoms with Gasteiger partial charge in [-0.3, -0.25) is 14.7 Å². The van der Waals surface area contributed by atoms with E-state index in [0.29, 0.717) is 12.0 Å². The molecule has 2 aliphatic rings. The first-order valence-corrected chi connectivity index (χ1v) is 8.20. The van der Waals surface area contributed by atoms with Crippen molar-refractivity contribution in [2.75, 3.05) is 25.0 Å². The van der Waals surface area contributed by atoms with Crippen LogP contribution in [0.4, 0.5) is 5.69 Å². The molecular formula is C17H25N3O2. The van der Waals surface area contributed by atoms with E-state index in [1.54, 1.807) is 12.4 Å². The van der Waals surface area contributed by atoms with Crippen LogP contribution in [-0.2, 0) is 9.53 Å². The van der Waals surface area contributed by atoms with Crippen LogP contribution in [0.1, 0.15) is 26.7 Å². The van der Waals surface area contributed by atoms with Crippen LogP contribution in [0.15, 0.2) is 24.5 Å². The quantitative estimate of drug-likeness (QED) is 0.926. The van der Waals surface area contributed by atoms with Crippen molar-refractivity contribution >= 4 is 11.6 Å². The second-order valence-corrected chi connectivity index (χ2v) is 6.78. The van der Waals surface area contributed by atoms with Crippen molar-refractivity contribution in [1.29, 1.82) is 0 Å². The molecule has 1 aromatic heterocycles. The van der Waals surface area contributed by atoms with E-state index in [2.05, 4.69) is 29.0 Å². The predicted molar refractivity (Wildman–Crippen MR) is 85.5 cm³/mol. The summed E-state index contributed by atoms with van der Waals surface area (Å²) in [5, 5.41) is 2.98. The summed E-state index contributed by atoms with van der Waals surface area (Å²) in [6, 6.07) is 4.19. The van der Waals surface area contributed by atoms with Crippen molar-refractivity contribution in [3.05, 3.63) is 24.5 Å². The third kappa shape index (κ3) is 3.47. The molecule has 0 saturated carbocycles. The lowest BCUT2D eigenvalue weighted by molar-refractivity contribution is -0.124. The first-order chi connectivity index (χ1) is 10.6. The summed E-state index contributed by atoms with van der Waals surface area (Å²) in [6.45, 7) is 7.13. The molecule has 22 heavy (non-hydrogen) atoms. The molecule has 3 atom stereocenters. The highest BCUT2D eigenvalue weighted by Crippen LogP contribution is 2.32. The van der Waals surface area contributed by atoms with Crippen LogP contribution < -0.4 is 5.32 Å². The molecule has 5 nitrogen and oxygen atoms in total. The maximum Gasteiger partial charge on any atom is 0.228 e. The molecule has 5 heteroatoms. The number of carbonyl (C=O) groups excluding carboxylic acids is 1. The van der Waals surface area contributed by atoms with E-state index in [-0.39, 0.29) is 17.9 Å². The number of nitrogens with zero attached hydrogens (tertiary/aromatic N) is 2. The Morgan fingerprint density at radius 2 is 2.41 bits per heavy atom. The first-order valence-electron chi connectivity index (χ1n) is 8.20. The molecule has 1 amide bonds. The fourth-order valence-electron chi connectivity index (χ4n) is 3.60. The molecule has 3 rings (SSSR count). The minimum absolute atomic E-state index is 0.0155. The SMILES string of the molecule is CC(C)CN1C[C@H](C(=O)Nc2cccnc2)C[C@H]2OCC[C@H]21. The Hall–Kier alpha value is -1.46. The van der Waals surface area contributed by atoms with Gasteiger partial charge in [-0.1, -0.05) is 13.8 Å². The smallest absolute Gasteiger partial charge is 0.228 e. The molecule has 2 aliphatic heterocycles. The standard InChI is InChI=1S/C17H25N3O2/c1-12(2)10-20-11-13(8-16-15(20)5-7-22-16)17(21)19-14-4-3-6-18-9-14/h3-4,6,9,12-13,15-16H,5,7-8,10-11H2,1-2H3,(H,19,21)/t13-,15-,16-/m1/s1. The summed E-state index contributed by atoms with van der Waals surface area (Å²) >= 11 is 0. The van der Waals surface area contributed by atoms with Crippen molar-refractivity contribution in [3.8, 4) is 0 Å². The number of ether oxygens (including phenoxy) is 1. The summed E-state index contributed by atoms with van der Waals surface area (Å²) in [6.07, 6.45) is 5.51. The second-order valence-electron chi connectivity index (χ2n) is 6.78. The van der Waals surface area contributed by atoms with Crippen molar-refractivity contribution in [2.24, 2.45) is 11.8 Å². The molecule has 2 fully saturated rings. The van der Waals surface area contributed by atoms with Gasteiger partial charge >= 0.3 is 0 Å². The summed E-state index contributed by atoms with van der Waals surface area (Å²) in [7, 11) is 0. The first kappa shape index (κ1) is 15.4. The molecule has 0 bridgehead atoms. The van der Waals surface area contributed by atoms with E-state index >= 15 is 0 Å². The van der Waals surface area contributed by atoms with Gasteiger partial charge in [0.15, 0.2) is 0 Å². The van der Waals surface area contributed by atoms with E-state index in [1.165, 1.54) is 0 Å². The Morgan fingerprint density at radius 1 is 1.55 bits per heavy atom. The van der Waals surface area contributed by atoms with Gasteiger partial charge in [0.25, 0.3) is 0 Å². The number of aromatic nitrogens is 1. The highest BCUT2D eigenvalue weighted by atomic mass is 16.5. The molecule has 1 N–H and O–H groups in total. The van der Waals surface area contributed by atoms with Crippen LogP contribution in [0.25, 0.3) is 0 Å². The average Bonchev–Trinajstić information content (AvgIpc) is 2.96. The number of nitrogens with one attached hydrogen (secondary N) is 1. The number of amides is 1. The van der Waals surface area contributed by atoms with Gasteiger partial charge in [-0.05, 0) is 30.9 Å². The van der Waals surface area contributed by atoms with Gasteiger partial charge in [-0.25, -0.2) is 0 Å². The van der Waals surface area contributed by atoms with Gasteiger partial charge in [0, 0.05) is 31.9 Å². The van der Waals surface area contributed by atoms with E-state index < -0.39 is 0 Å². The number of hydrogen-bond acceptors (Lipinski definition) is 4. The Kier molecular flexibility index (Phi) is 4.74. The molecule has 3 heterocycles. The number of fused-ring (bicyclic) bond motifs is 1. The molecule has 0 aromatic carbocycles. The summed E-state index contributed by atoms with van der Waals surface area (Å²) in [4.78, 5) is 19.1. The maximum absolute atomic E-state index is 12.6. The fourth-order valence-corrected chi connectivity index (χ4v) is 3.60. The number of likely N-dealkylation sites (tertiary alicyclic amines) is 1. The number of hydrogen-bond donors (Lipinski definition) is 1. The van der Waals surface area contributed by atoms with Gasteiger partial charge < -0.3 is 10.1 Å². The van der Waals surface area contributed by atoms with Gasteiger partial charge in [-0.15, -0.1) is 0 Å². The Bertz CT molecular complexity index is 506. The van der Waals surface area contributed by atoms with Crippen molar-refractivity contribution < 1.29 is 9.53 Å². The lowest BCUT2D eigenvalue weighted by atomic mass is 9.88. The minimum atomic E-state index is -0.0155. The van der Waals surface area contributed by atoms with Crippen LogP contribution in [0.5, 0.6) is 0 Å². The van der Waals surface area contributed by atoms with E-state index in [0.717, 1.165) is 38.2 Å². The van der Waals surface area contributed by atoms with Crippen molar-refractivity contribution in [3.63, 3.8) is 0 Å². The Labute approximate surface area is 132 Å². The van der Waals surface area contributed by atoms with Gasteiger partial charge in [0.05, 0.1) is 23.9 Å². The molecule has 120 valence electrons. The number of pyridine rings is 1. The second kappa shape index (κ2) is 6.75. The molecule has 2 saturated heterocycles. The molecule has 0 aliphatic carbocycles. The monoisotopic (exact) mass is 303 g/mol. The van der Waals surface area contributed by atoms with Gasteiger partial charge in [0.1, 0.15) is 0 Å². The summed E-state index contributed by atoms with van der Waals surface area (Å²) in [5.74, 6) is 0.662. The van der Waals surface area contributed by atoms with Crippen LogP contribution in [0.2, 0.25) is 0 Å². The molecule has 0 unspecified atom stereocenters. The van der Waals surface area contributed by atoms with Crippen LogP contribution in [-0.4, -0.2) is 47.6 Å². The zero-order valence-corrected chi connectivity index (χ0v) is 13.4. The zero-order valence-electron chi connectivity index (χ0n) is 13.4. The summed E-state index contributed by atoms with van der Waals surface area (Å²) in [5.41, 5.74) is 0.761. The van der Waals surface area contributed by atoms with Crippen molar-refractivity contribution in [1.82, 2.24) is 9.88 Å². The minimum Gasteiger partial charge on any atom is -0.377 e. The summed E-state index contributed by atoms with van der Waals surface area (Å²) < 4.78 is 5.87. The number of piperidine rings is 1. The molecule has 0 spiro atoms. The molecule has 0 radical (unpaired) electrons. The van der Waals surface area contributed by atoms with Crippen LogP contribution in [0, 0.1) is 11.8 Å². The van der Waals surface area contributed by atoms with Gasteiger partial charge in [-0.2, -0.15) is 0 Å². The maximum atomic E-state index is 12.6. The lowest BCUT2D eigenvalue weighted by Gasteiger charge is -2.41. The van der Waals surface area contributed by atoms with E-state index in [4.69, 9.17) is 4.74 Å². The molecule has 1 aromatic rings. The van der Waals surface area contributed by atoms with E-state index in [1.807, 2.05) is 12.1 Å². The highest BCUT2D eigenvalue weighted by molar-refractivity contribution is 5.92. The topological polar surface area (TPSA) is 54.5 Å². The van der Waals surface area contributed by atoms with E-state index in [9.17, 15) is 4.79 Å². The molecular weight excluding hydrogens is 278 g/mol. The number of carbonyl (C=O) groups is 1. The number of rotatable bonds is 4. The largest absolute Gasteiger partial charge is 0.377 e. The average molecular weight is 303 g/mol. The van der Waals surface area contributed by atoms with Crippen molar-refractivity contribution in [2.45, 2.75) is 38.8 Å². The predicted octanol–water partition coefficient (Wildman–Crippen LogP) is 2.16. The van der Waals surface area contributed by atoms with Crippen LogP contribution >= 0.6 is 0 Å². The third-order valence-corrected chi connectivity index (χ3v) is 4.51. The van der Waals surface area contributed by atoms with Gasteiger partial charge in [0.2, 0.25) is 5.91 Å². The van der Waals surface area contributed by atoms with Crippen LogP contribution in [0.3, 0.4) is 0 Å². The normalized spacial score (nSPS) is 28.6.